The Morgan fingerprint density at radius 1 is 1.28 bits per heavy atom. The van der Waals surface area contributed by atoms with Gasteiger partial charge < -0.3 is 5.32 Å². The van der Waals surface area contributed by atoms with Gasteiger partial charge in [-0.25, -0.2) is 4.68 Å². The molecule has 1 aromatic heterocycles. The van der Waals surface area contributed by atoms with Crippen LogP contribution in [0.2, 0.25) is 0 Å². The van der Waals surface area contributed by atoms with Crippen molar-refractivity contribution in [2.75, 3.05) is 0 Å². The lowest BCUT2D eigenvalue weighted by Gasteiger charge is -2.09. The highest BCUT2D eigenvalue weighted by Crippen LogP contribution is 2.09. The van der Waals surface area contributed by atoms with Gasteiger partial charge >= 0.3 is 0 Å². The zero-order chi connectivity index (χ0) is 13.0. The van der Waals surface area contributed by atoms with Gasteiger partial charge in [0, 0.05) is 6.04 Å². The summed E-state index contributed by atoms with van der Waals surface area (Å²) in [5.41, 5.74) is 2.51. The standard InChI is InChI=1S/C13H19N5/c1-10(2)14-8-13-15-16-17-18(13)9-12-7-5-4-6-11(12)3/h4-7,10,14H,8-9H2,1-3H3. The second kappa shape index (κ2) is 5.73. The Morgan fingerprint density at radius 3 is 2.78 bits per heavy atom. The Bertz CT molecular complexity index is 504. The van der Waals surface area contributed by atoms with Crippen molar-refractivity contribution in [3.63, 3.8) is 0 Å². The van der Waals surface area contributed by atoms with Crippen LogP contribution in [0.4, 0.5) is 0 Å². The fourth-order valence-corrected chi connectivity index (χ4v) is 1.72. The molecule has 0 fully saturated rings. The summed E-state index contributed by atoms with van der Waals surface area (Å²) in [5, 5.41) is 15.2. The van der Waals surface area contributed by atoms with Crippen molar-refractivity contribution in [3.05, 3.63) is 41.2 Å². The highest BCUT2D eigenvalue weighted by atomic mass is 15.5. The highest BCUT2D eigenvalue weighted by Gasteiger charge is 2.08. The maximum Gasteiger partial charge on any atom is 0.165 e. The van der Waals surface area contributed by atoms with E-state index in [1.54, 1.807) is 0 Å². The zero-order valence-corrected chi connectivity index (χ0v) is 11.1. The molecule has 0 aliphatic heterocycles. The molecule has 0 bridgehead atoms. The van der Waals surface area contributed by atoms with Gasteiger partial charge in [-0.05, 0) is 28.5 Å². The molecule has 0 unspecified atom stereocenters. The van der Waals surface area contributed by atoms with E-state index in [0.717, 1.165) is 12.4 Å². The Kier molecular flexibility index (Phi) is 4.04. The van der Waals surface area contributed by atoms with E-state index in [1.807, 2.05) is 16.8 Å². The molecule has 1 N–H and O–H groups in total. The molecule has 0 aliphatic rings. The van der Waals surface area contributed by atoms with E-state index in [0.29, 0.717) is 12.6 Å². The van der Waals surface area contributed by atoms with E-state index >= 15 is 0 Å². The molecule has 96 valence electrons. The molecule has 0 saturated carbocycles. The lowest BCUT2D eigenvalue weighted by Crippen LogP contribution is -2.24. The molecule has 0 atom stereocenters. The maximum absolute atomic E-state index is 4.05. The summed E-state index contributed by atoms with van der Waals surface area (Å²) in [4.78, 5) is 0. The number of nitrogens with one attached hydrogen (secondary N) is 1. The number of tetrazole rings is 1. The summed E-state index contributed by atoms with van der Waals surface area (Å²) >= 11 is 0. The molecule has 1 heterocycles. The van der Waals surface area contributed by atoms with Gasteiger partial charge in [0.05, 0.1) is 13.1 Å². The Labute approximate surface area is 107 Å². The van der Waals surface area contributed by atoms with Gasteiger partial charge in [-0.3, -0.25) is 0 Å². The Hall–Kier alpha value is -1.75. The van der Waals surface area contributed by atoms with Crippen LogP contribution in [0.25, 0.3) is 0 Å². The minimum absolute atomic E-state index is 0.425. The smallest absolute Gasteiger partial charge is 0.165 e. The van der Waals surface area contributed by atoms with Gasteiger partial charge in [-0.2, -0.15) is 0 Å². The van der Waals surface area contributed by atoms with Crippen LogP contribution in [0.1, 0.15) is 30.8 Å². The molecule has 2 rings (SSSR count). The highest BCUT2D eigenvalue weighted by molar-refractivity contribution is 5.25. The van der Waals surface area contributed by atoms with Gasteiger partial charge in [0.1, 0.15) is 0 Å². The van der Waals surface area contributed by atoms with E-state index in [4.69, 9.17) is 0 Å². The Balaban J connectivity index is 2.10. The molecule has 0 amide bonds. The van der Waals surface area contributed by atoms with Crippen LogP contribution in [-0.2, 0) is 13.1 Å². The first-order valence-electron chi connectivity index (χ1n) is 6.19. The molecule has 0 radical (unpaired) electrons. The Morgan fingerprint density at radius 2 is 2.06 bits per heavy atom. The van der Waals surface area contributed by atoms with Gasteiger partial charge in [-0.15, -0.1) is 5.10 Å². The first-order chi connectivity index (χ1) is 8.66. The molecule has 2 aromatic rings. The van der Waals surface area contributed by atoms with E-state index in [9.17, 15) is 0 Å². The predicted octanol–water partition coefficient (Wildman–Crippen LogP) is 1.53. The maximum atomic E-state index is 4.05. The summed E-state index contributed by atoms with van der Waals surface area (Å²) in [6, 6.07) is 8.72. The van der Waals surface area contributed by atoms with Crippen LogP contribution < -0.4 is 5.32 Å². The lowest BCUT2D eigenvalue weighted by atomic mass is 10.1. The first-order valence-corrected chi connectivity index (χ1v) is 6.19. The zero-order valence-electron chi connectivity index (χ0n) is 11.1. The topological polar surface area (TPSA) is 55.6 Å². The minimum Gasteiger partial charge on any atom is -0.308 e. The van der Waals surface area contributed by atoms with Gasteiger partial charge in [0.15, 0.2) is 5.82 Å². The fraction of sp³-hybridized carbons (Fsp3) is 0.462. The van der Waals surface area contributed by atoms with Crippen LogP contribution in [0.5, 0.6) is 0 Å². The number of hydrogen-bond acceptors (Lipinski definition) is 4. The number of hydrogen-bond donors (Lipinski definition) is 1. The first kappa shape index (κ1) is 12.7. The predicted molar refractivity (Wildman–Crippen MR) is 70.1 cm³/mol. The van der Waals surface area contributed by atoms with Gasteiger partial charge in [0.2, 0.25) is 0 Å². The molecule has 0 saturated heterocycles. The summed E-state index contributed by atoms with van der Waals surface area (Å²) in [7, 11) is 0. The van der Waals surface area contributed by atoms with Crippen molar-refractivity contribution >= 4 is 0 Å². The van der Waals surface area contributed by atoms with Gasteiger partial charge in [0.25, 0.3) is 0 Å². The second-order valence-corrected chi connectivity index (χ2v) is 4.71. The number of rotatable bonds is 5. The largest absolute Gasteiger partial charge is 0.308 e. The molecule has 1 aromatic carbocycles. The molecule has 18 heavy (non-hydrogen) atoms. The van der Waals surface area contributed by atoms with Crippen molar-refractivity contribution in [2.24, 2.45) is 0 Å². The average Bonchev–Trinajstić information content (AvgIpc) is 2.77. The van der Waals surface area contributed by atoms with Crippen LogP contribution in [-0.4, -0.2) is 26.2 Å². The van der Waals surface area contributed by atoms with E-state index in [1.165, 1.54) is 11.1 Å². The second-order valence-electron chi connectivity index (χ2n) is 4.71. The number of benzene rings is 1. The number of aromatic nitrogens is 4. The molecule has 0 aliphatic carbocycles. The van der Waals surface area contributed by atoms with Crippen LogP contribution in [0, 0.1) is 6.92 Å². The van der Waals surface area contributed by atoms with Crippen LogP contribution in [0.15, 0.2) is 24.3 Å². The third kappa shape index (κ3) is 3.13. The normalized spacial score (nSPS) is 11.1. The van der Waals surface area contributed by atoms with Crippen LogP contribution >= 0.6 is 0 Å². The summed E-state index contributed by atoms with van der Waals surface area (Å²) in [5.74, 6) is 0.868. The van der Waals surface area contributed by atoms with Crippen molar-refractivity contribution in [1.29, 1.82) is 0 Å². The van der Waals surface area contributed by atoms with E-state index in [2.05, 4.69) is 53.7 Å². The number of aryl methyl sites for hydroxylation is 1. The molecule has 0 spiro atoms. The van der Waals surface area contributed by atoms with Crippen molar-refractivity contribution < 1.29 is 0 Å². The molecular weight excluding hydrogens is 226 g/mol. The van der Waals surface area contributed by atoms with E-state index < -0.39 is 0 Å². The summed E-state index contributed by atoms with van der Waals surface area (Å²) in [6.07, 6.45) is 0. The third-order valence-corrected chi connectivity index (χ3v) is 2.86. The average molecular weight is 245 g/mol. The minimum atomic E-state index is 0.425. The SMILES string of the molecule is Cc1ccccc1Cn1nnnc1CNC(C)C. The fourth-order valence-electron chi connectivity index (χ4n) is 1.72. The lowest BCUT2D eigenvalue weighted by molar-refractivity contribution is 0.537. The van der Waals surface area contributed by atoms with Crippen molar-refractivity contribution in [3.8, 4) is 0 Å². The van der Waals surface area contributed by atoms with Crippen LogP contribution in [0.3, 0.4) is 0 Å². The summed E-state index contributed by atoms with van der Waals surface area (Å²) < 4.78 is 1.84. The summed E-state index contributed by atoms with van der Waals surface area (Å²) in [6.45, 7) is 7.72. The third-order valence-electron chi connectivity index (χ3n) is 2.86. The molecule has 5 heteroatoms. The molecule has 5 nitrogen and oxygen atoms in total. The monoisotopic (exact) mass is 245 g/mol. The van der Waals surface area contributed by atoms with Crippen molar-refractivity contribution in [2.45, 2.75) is 39.9 Å². The van der Waals surface area contributed by atoms with Crippen molar-refractivity contribution in [1.82, 2.24) is 25.5 Å². The number of nitrogens with zero attached hydrogens (tertiary/aromatic N) is 4. The molecular formula is C13H19N5. The quantitative estimate of drug-likeness (QED) is 0.868. The van der Waals surface area contributed by atoms with Gasteiger partial charge in [-0.1, -0.05) is 38.1 Å². The van der Waals surface area contributed by atoms with E-state index in [-0.39, 0.29) is 0 Å².